The molecule has 1 atom stereocenters. The summed E-state index contributed by atoms with van der Waals surface area (Å²) in [6, 6.07) is 6.28. The maximum absolute atomic E-state index is 9.18. The number of hydrogen-bond donors (Lipinski definition) is 1. The van der Waals surface area contributed by atoms with Crippen LogP contribution in [0.1, 0.15) is 43.7 Å². The van der Waals surface area contributed by atoms with Crippen LogP contribution in [-0.4, -0.2) is 18.8 Å². The first-order chi connectivity index (χ1) is 7.71. The summed E-state index contributed by atoms with van der Waals surface area (Å²) in [6.07, 6.45) is 3.47. The van der Waals surface area contributed by atoms with Crippen LogP contribution in [0.25, 0.3) is 0 Å². The van der Waals surface area contributed by atoms with E-state index in [1.165, 1.54) is 18.4 Å². The molecule has 0 heterocycles. The van der Waals surface area contributed by atoms with Gasteiger partial charge in [-0.1, -0.05) is 26.3 Å². The average Bonchev–Trinajstić information content (AvgIpc) is 2.34. The number of rotatable bonds is 6. The van der Waals surface area contributed by atoms with Crippen LogP contribution in [-0.2, 0) is 6.42 Å². The maximum Gasteiger partial charge on any atom is 0.119 e. The maximum atomic E-state index is 9.18. The van der Waals surface area contributed by atoms with Crippen molar-refractivity contribution in [3.05, 3.63) is 29.3 Å². The van der Waals surface area contributed by atoms with Gasteiger partial charge in [-0.05, 0) is 36.1 Å². The lowest BCUT2D eigenvalue weighted by Gasteiger charge is -2.13. The van der Waals surface area contributed by atoms with Crippen molar-refractivity contribution in [2.75, 3.05) is 13.7 Å². The second-order valence-electron chi connectivity index (χ2n) is 4.30. The highest BCUT2D eigenvalue weighted by atomic mass is 16.5. The molecule has 0 saturated carbocycles. The highest BCUT2D eigenvalue weighted by Gasteiger charge is 2.07. The highest BCUT2D eigenvalue weighted by Crippen LogP contribution is 2.24. The Bertz CT molecular complexity index is 321. The zero-order valence-corrected chi connectivity index (χ0v) is 10.5. The molecule has 0 aromatic heterocycles. The molecule has 90 valence electrons. The first-order valence-corrected chi connectivity index (χ1v) is 6.00. The SMILES string of the molecule is CCCCc1cc(OC)cc(C(C)CO)c1. The summed E-state index contributed by atoms with van der Waals surface area (Å²) in [6.45, 7) is 4.40. The van der Waals surface area contributed by atoms with E-state index in [1.54, 1.807) is 7.11 Å². The Balaban J connectivity index is 2.91. The second kappa shape index (κ2) is 6.54. The van der Waals surface area contributed by atoms with Crippen LogP contribution >= 0.6 is 0 Å². The van der Waals surface area contributed by atoms with Crippen molar-refractivity contribution < 1.29 is 9.84 Å². The van der Waals surface area contributed by atoms with E-state index in [4.69, 9.17) is 4.74 Å². The third kappa shape index (κ3) is 3.53. The smallest absolute Gasteiger partial charge is 0.119 e. The fourth-order valence-corrected chi connectivity index (χ4v) is 1.72. The van der Waals surface area contributed by atoms with E-state index in [-0.39, 0.29) is 12.5 Å². The van der Waals surface area contributed by atoms with Crippen molar-refractivity contribution >= 4 is 0 Å². The Morgan fingerprint density at radius 1 is 1.31 bits per heavy atom. The molecule has 0 spiro atoms. The molecule has 1 unspecified atom stereocenters. The molecule has 1 aromatic rings. The Morgan fingerprint density at radius 3 is 2.62 bits per heavy atom. The number of ether oxygens (including phenoxy) is 1. The molecule has 1 N–H and O–H groups in total. The predicted octanol–water partition coefficient (Wildman–Crippen LogP) is 3.13. The van der Waals surface area contributed by atoms with Crippen LogP contribution in [0, 0.1) is 0 Å². The Hall–Kier alpha value is -1.02. The summed E-state index contributed by atoms with van der Waals surface area (Å²) in [5.41, 5.74) is 2.46. The molecule has 0 aliphatic rings. The van der Waals surface area contributed by atoms with E-state index in [2.05, 4.69) is 19.1 Å². The quantitative estimate of drug-likeness (QED) is 0.801. The van der Waals surface area contributed by atoms with Crippen LogP contribution in [0.15, 0.2) is 18.2 Å². The lowest BCUT2D eigenvalue weighted by atomic mass is 9.97. The molecule has 1 rings (SSSR count). The molecule has 0 fully saturated rings. The van der Waals surface area contributed by atoms with E-state index < -0.39 is 0 Å². The highest BCUT2D eigenvalue weighted by molar-refractivity contribution is 5.36. The Morgan fingerprint density at radius 2 is 2.06 bits per heavy atom. The monoisotopic (exact) mass is 222 g/mol. The average molecular weight is 222 g/mol. The number of benzene rings is 1. The van der Waals surface area contributed by atoms with Crippen LogP contribution in [0.3, 0.4) is 0 Å². The second-order valence-corrected chi connectivity index (χ2v) is 4.30. The first-order valence-electron chi connectivity index (χ1n) is 6.00. The standard InChI is InChI=1S/C14H22O2/c1-4-5-6-12-7-13(11(2)10-15)9-14(8-12)16-3/h7-9,11,15H,4-6,10H2,1-3H3. The molecule has 0 aliphatic carbocycles. The molecule has 2 nitrogen and oxygen atoms in total. The lowest BCUT2D eigenvalue weighted by molar-refractivity contribution is 0.272. The van der Waals surface area contributed by atoms with Gasteiger partial charge in [0.2, 0.25) is 0 Å². The molecule has 1 aromatic carbocycles. The van der Waals surface area contributed by atoms with Gasteiger partial charge in [0.1, 0.15) is 5.75 Å². The molecule has 0 saturated heterocycles. The van der Waals surface area contributed by atoms with Gasteiger partial charge >= 0.3 is 0 Å². The van der Waals surface area contributed by atoms with E-state index in [1.807, 2.05) is 13.0 Å². The van der Waals surface area contributed by atoms with Crippen molar-refractivity contribution in [2.24, 2.45) is 0 Å². The van der Waals surface area contributed by atoms with E-state index in [0.29, 0.717) is 0 Å². The van der Waals surface area contributed by atoms with Crippen molar-refractivity contribution in [1.82, 2.24) is 0 Å². The molecule has 0 aliphatic heterocycles. The predicted molar refractivity (Wildman–Crippen MR) is 67.1 cm³/mol. The molecule has 0 bridgehead atoms. The number of aliphatic hydroxyl groups excluding tert-OH is 1. The fraction of sp³-hybridized carbons (Fsp3) is 0.571. The Labute approximate surface area is 98.3 Å². The van der Waals surface area contributed by atoms with Crippen LogP contribution in [0.2, 0.25) is 0 Å². The molecule has 16 heavy (non-hydrogen) atoms. The zero-order valence-electron chi connectivity index (χ0n) is 10.5. The number of methoxy groups -OCH3 is 1. The van der Waals surface area contributed by atoms with Gasteiger partial charge in [-0.3, -0.25) is 0 Å². The summed E-state index contributed by atoms with van der Waals surface area (Å²) >= 11 is 0. The minimum atomic E-state index is 0.176. The van der Waals surface area contributed by atoms with Gasteiger partial charge in [0, 0.05) is 12.5 Å². The summed E-state index contributed by atoms with van der Waals surface area (Å²) in [5, 5.41) is 9.18. The van der Waals surface area contributed by atoms with Crippen molar-refractivity contribution in [3.8, 4) is 5.75 Å². The molecule has 0 radical (unpaired) electrons. The normalized spacial score (nSPS) is 12.5. The third-order valence-corrected chi connectivity index (χ3v) is 2.89. The van der Waals surface area contributed by atoms with Crippen LogP contribution < -0.4 is 4.74 Å². The molecular weight excluding hydrogens is 200 g/mol. The van der Waals surface area contributed by atoms with Crippen molar-refractivity contribution in [3.63, 3.8) is 0 Å². The van der Waals surface area contributed by atoms with Crippen molar-refractivity contribution in [2.45, 2.75) is 39.0 Å². The topological polar surface area (TPSA) is 29.5 Å². The summed E-state index contributed by atoms with van der Waals surface area (Å²) in [4.78, 5) is 0. The van der Waals surface area contributed by atoms with E-state index >= 15 is 0 Å². The summed E-state index contributed by atoms with van der Waals surface area (Å²) in [5.74, 6) is 1.07. The number of unbranched alkanes of at least 4 members (excludes halogenated alkanes) is 1. The third-order valence-electron chi connectivity index (χ3n) is 2.89. The van der Waals surface area contributed by atoms with Gasteiger partial charge in [0.25, 0.3) is 0 Å². The zero-order chi connectivity index (χ0) is 12.0. The number of aliphatic hydroxyl groups is 1. The largest absolute Gasteiger partial charge is 0.497 e. The molecular formula is C14H22O2. The van der Waals surface area contributed by atoms with Gasteiger partial charge in [0.15, 0.2) is 0 Å². The Kier molecular flexibility index (Phi) is 5.33. The van der Waals surface area contributed by atoms with E-state index in [9.17, 15) is 5.11 Å². The van der Waals surface area contributed by atoms with Crippen LogP contribution in [0.5, 0.6) is 5.75 Å². The van der Waals surface area contributed by atoms with Gasteiger partial charge in [-0.15, -0.1) is 0 Å². The number of hydrogen-bond acceptors (Lipinski definition) is 2. The molecule has 2 heteroatoms. The fourth-order valence-electron chi connectivity index (χ4n) is 1.72. The lowest BCUT2D eigenvalue weighted by Crippen LogP contribution is -2.01. The van der Waals surface area contributed by atoms with Gasteiger partial charge in [0.05, 0.1) is 7.11 Å². The van der Waals surface area contributed by atoms with E-state index in [0.717, 1.165) is 17.7 Å². The minimum Gasteiger partial charge on any atom is -0.497 e. The van der Waals surface area contributed by atoms with Gasteiger partial charge < -0.3 is 9.84 Å². The number of aryl methyl sites for hydroxylation is 1. The summed E-state index contributed by atoms with van der Waals surface area (Å²) < 4.78 is 5.29. The van der Waals surface area contributed by atoms with Crippen LogP contribution in [0.4, 0.5) is 0 Å². The molecule has 0 amide bonds. The minimum absolute atomic E-state index is 0.176. The van der Waals surface area contributed by atoms with Gasteiger partial charge in [-0.2, -0.15) is 0 Å². The first kappa shape index (κ1) is 13.0. The van der Waals surface area contributed by atoms with Crippen molar-refractivity contribution in [1.29, 1.82) is 0 Å². The summed E-state index contributed by atoms with van der Waals surface area (Å²) in [7, 11) is 1.69. The van der Waals surface area contributed by atoms with Gasteiger partial charge in [-0.25, -0.2) is 0 Å².